The molecule has 2 aromatic rings. The molecule has 0 unspecified atom stereocenters. The van der Waals surface area contributed by atoms with E-state index in [-0.39, 0.29) is 23.1 Å². The first kappa shape index (κ1) is 20.2. The topological polar surface area (TPSA) is 99.6 Å². The zero-order valence-electron chi connectivity index (χ0n) is 16.0. The van der Waals surface area contributed by atoms with Crippen LogP contribution in [0.4, 0.5) is 5.95 Å². The van der Waals surface area contributed by atoms with E-state index in [1.54, 1.807) is 12.1 Å². The maximum absolute atomic E-state index is 12.1. The molecule has 1 heterocycles. The van der Waals surface area contributed by atoms with Crippen molar-refractivity contribution in [1.29, 1.82) is 0 Å². The van der Waals surface area contributed by atoms with E-state index in [2.05, 4.69) is 36.1 Å². The van der Waals surface area contributed by atoms with E-state index in [9.17, 15) is 9.59 Å². The predicted octanol–water partition coefficient (Wildman–Crippen LogP) is 2.59. The fraction of sp³-hybridized carbons (Fsp3) is 0.368. The lowest BCUT2D eigenvalue weighted by molar-refractivity contribution is -0.119. The molecule has 0 aliphatic heterocycles. The molecule has 8 nitrogen and oxygen atoms in total. The van der Waals surface area contributed by atoms with Crippen LogP contribution in [0.3, 0.4) is 0 Å². The number of esters is 1. The molecule has 144 valence electrons. The molecular formula is C19H23N3O5. The molecule has 0 atom stereocenters. The monoisotopic (exact) mass is 373 g/mol. The number of hydrogen-bond donors (Lipinski definition) is 1. The average molecular weight is 373 g/mol. The number of nitrogens with zero attached hydrogens (tertiary/aromatic N) is 2. The highest BCUT2D eigenvalue weighted by Crippen LogP contribution is 2.22. The summed E-state index contributed by atoms with van der Waals surface area (Å²) in [5.74, 6) is -0.720. The number of amides is 1. The summed E-state index contributed by atoms with van der Waals surface area (Å²) in [7, 11) is 2.86. The van der Waals surface area contributed by atoms with Crippen molar-refractivity contribution in [3.63, 3.8) is 0 Å². The molecule has 0 bridgehead atoms. The zero-order chi connectivity index (χ0) is 20.0. The summed E-state index contributed by atoms with van der Waals surface area (Å²) in [4.78, 5) is 32.0. The third-order valence-electron chi connectivity index (χ3n) is 3.67. The fourth-order valence-corrected chi connectivity index (χ4v) is 2.15. The van der Waals surface area contributed by atoms with Crippen LogP contribution in [0.15, 0.2) is 30.3 Å². The Labute approximate surface area is 157 Å². The fourth-order valence-electron chi connectivity index (χ4n) is 2.15. The second kappa shape index (κ2) is 8.48. The van der Waals surface area contributed by atoms with Crippen LogP contribution in [0.1, 0.15) is 36.7 Å². The maximum Gasteiger partial charge on any atom is 0.338 e. The van der Waals surface area contributed by atoms with Gasteiger partial charge >= 0.3 is 5.97 Å². The number of carbonyl (C=O) groups is 2. The Kier molecular flexibility index (Phi) is 6.33. The molecule has 1 amide bonds. The second-order valence-electron chi connectivity index (χ2n) is 6.73. The summed E-state index contributed by atoms with van der Waals surface area (Å²) < 4.78 is 15.0. The van der Waals surface area contributed by atoms with Crippen molar-refractivity contribution in [2.45, 2.75) is 26.2 Å². The van der Waals surface area contributed by atoms with Gasteiger partial charge in [0.25, 0.3) is 5.91 Å². The summed E-state index contributed by atoms with van der Waals surface area (Å²) in [5, 5.41) is 2.43. The van der Waals surface area contributed by atoms with Crippen molar-refractivity contribution in [2.75, 3.05) is 26.1 Å². The standard InChI is InChI=1S/C19H23N3O5/c1-19(2,3)13-8-6-12(7-9-13)17(24)27-11-14(23)20-18-21-15(25-4)10-16(22-18)26-5/h6-10H,11H2,1-5H3,(H,20,21,22,23). The average Bonchev–Trinajstić information content (AvgIpc) is 2.65. The van der Waals surface area contributed by atoms with Gasteiger partial charge in [-0.25, -0.2) is 4.79 Å². The van der Waals surface area contributed by atoms with Crippen molar-refractivity contribution in [3.05, 3.63) is 41.5 Å². The van der Waals surface area contributed by atoms with E-state index in [0.29, 0.717) is 5.56 Å². The summed E-state index contributed by atoms with van der Waals surface area (Å²) in [6, 6.07) is 8.56. The molecule has 0 fully saturated rings. The minimum Gasteiger partial charge on any atom is -0.481 e. The smallest absolute Gasteiger partial charge is 0.338 e. The van der Waals surface area contributed by atoms with Gasteiger partial charge in [-0.15, -0.1) is 0 Å². The lowest BCUT2D eigenvalue weighted by Crippen LogP contribution is -2.22. The number of hydrogen-bond acceptors (Lipinski definition) is 7. The van der Waals surface area contributed by atoms with Gasteiger partial charge in [-0.1, -0.05) is 32.9 Å². The van der Waals surface area contributed by atoms with Gasteiger partial charge in [0.1, 0.15) is 0 Å². The van der Waals surface area contributed by atoms with Crippen molar-refractivity contribution in [1.82, 2.24) is 9.97 Å². The summed E-state index contributed by atoms with van der Waals surface area (Å²) in [6.07, 6.45) is 0. The molecule has 1 aromatic heterocycles. The molecule has 0 saturated carbocycles. The van der Waals surface area contributed by atoms with Crippen LogP contribution in [-0.2, 0) is 14.9 Å². The Balaban J connectivity index is 1.94. The number of benzene rings is 1. The number of nitrogens with one attached hydrogen (secondary N) is 1. The zero-order valence-corrected chi connectivity index (χ0v) is 16.0. The quantitative estimate of drug-likeness (QED) is 0.777. The van der Waals surface area contributed by atoms with Gasteiger partial charge in [0, 0.05) is 0 Å². The molecular weight excluding hydrogens is 350 g/mol. The highest BCUT2D eigenvalue weighted by atomic mass is 16.5. The molecule has 1 aromatic carbocycles. The Morgan fingerprint density at radius 3 is 2.04 bits per heavy atom. The second-order valence-corrected chi connectivity index (χ2v) is 6.73. The van der Waals surface area contributed by atoms with Crippen LogP contribution in [0.5, 0.6) is 11.8 Å². The Morgan fingerprint density at radius 2 is 1.56 bits per heavy atom. The number of aromatic nitrogens is 2. The molecule has 27 heavy (non-hydrogen) atoms. The van der Waals surface area contributed by atoms with Crippen LogP contribution < -0.4 is 14.8 Å². The van der Waals surface area contributed by atoms with Gasteiger partial charge in [0.15, 0.2) is 6.61 Å². The lowest BCUT2D eigenvalue weighted by Gasteiger charge is -2.18. The van der Waals surface area contributed by atoms with Gasteiger partial charge in [0.05, 0.1) is 25.8 Å². The van der Waals surface area contributed by atoms with E-state index in [1.165, 1.54) is 20.3 Å². The van der Waals surface area contributed by atoms with Crippen LogP contribution in [0.25, 0.3) is 0 Å². The van der Waals surface area contributed by atoms with Gasteiger partial charge in [-0.3, -0.25) is 10.1 Å². The largest absolute Gasteiger partial charge is 0.481 e. The minimum atomic E-state index is -0.588. The van der Waals surface area contributed by atoms with Crippen LogP contribution >= 0.6 is 0 Å². The number of carbonyl (C=O) groups excluding carboxylic acids is 2. The van der Waals surface area contributed by atoms with Crippen LogP contribution in [-0.4, -0.2) is 42.7 Å². The lowest BCUT2D eigenvalue weighted by atomic mass is 9.87. The van der Waals surface area contributed by atoms with Gasteiger partial charge in [-0.2, -0.15) is 9.97 Å². The van der Waals surface area contributed by atoms with Gasteiger partial charge < -0.3 is 14.2 Å². The van der Waals surface area contributed by atoms with Crippen molar-refractivity contribution in [2.24, 2.45) is 0 Å². The number of methoxy groups -OCH3 is 2. The number of rotatable bonds is 6. The minimum absolute atomic E-state index is 0.0122. The first-order valence-electron chi connectivity index (χ1n) is 8.27. The van der Waals surface area contributed by atoms with E-state index >= 15 is 0 Å². The maximum atomic E-state index is 12.1. The van der Waals surface area contributed by atoms with Crippen LogP contribution in [0.2, 0.25) is 0 Å². The molecule has 0 aliphatic carbocycles. The first-order valence-corrected chi connectivity index (χ1v) is 8.27. The molecule has 1 N–H and O–H groups in total. The van der Waals surface area contributed by atoms with Crippen molar-refractivity contribution >= 4 is 17.8 Å². The third-order valence-corrected chi connectivity index (χ3v) is 3.67. The SMILES string of the molecule is COc1cc(OC)nc(NC(=O)COC(=O)c2ccc(C(C)(C)C)cc2)n1. The molecule has 0 aliphatic rings. The molecule has 0 radical (unpaired) electrons. The predicted molar refractivity (Wildman–Crippen MR) is 99.2 cm³/mol. The highest BCUT2D eigenvalue weighted by molar-refractivity contribution is 5.94. The number of anilines is 1. The van der Waals surface area contributed by atoms with Gasteiger partial charge in [0.2, 0.25) is 17.7 Å². The first-order chi connectivity index (χ1) is 12.7. The molecule has 0 saturated heterocycles. The summed E-state index contributed by atoms with van der Waals surface area (Å²) in [6.45, 7) is 5.78. The molecule has 2 rings (SSSR count). The van der Waals surface area contributed by atoms with Crippen molar-refractivity contribution in [3.8, 4) is 11.8 Å². The molecule has 0 spiro atoms. The molecule has 8 heteroatoms. The van der Waals surface area contributed by atoms with Crippen molar-refractivity contribution < 1.29 is 23.8 Å². The Hall–Kier alpha value is -3.16. The third kappa shape index (κ3) is 5.67. The van der Waals surface area contributed by atoms with E-state index in [1.807, 2.05) is 12.1 Å². The normalized spacial score (nSPS) is 10.9. The summed E-state index contributed by atoms with van der Waals surface area (Å²) >= 11 is 0. The Morgan fingerprint density at radius 1 is 1.00 bits per heavy atom. The summed E-state index contributed by atoms with van der Waals surface area (Å²) in [5.41, 5.74) is 1.45. The Bertz CT molecular complexity index is 791. The van der Waals surface area contributed by atoms with E-state index < -0.39 is 18.5 Å². The van der Waals surface area contributed by atoms with E-state index in [0.717, 1.165) is 5.56 Å². The van der Waals surface area contributed by atoms with E-state index in [4.69, 9.17) is 14.2 Å². The van der Waals surface area contributed by atoms with Gasteiger partial charge in [-0.05, 0) is 23.1 Å². The van der Waals surface area contributed by atoms with Crippen LogP contribution in [0, 0.1) is 0 Å². The highest BCUT2D eigenvalue weighted by Gasteiger charge is 2.16. The number of ether oxygens (including phenoxy) is 3.